The molecular weight excluding hydrogens is 464 g/mol. The minimum atomic E-state index is -4.59. The number of nitrogens with zero attached hydrogens (tertiary/aromatic N) is 1. The third kappa shape index (κ3) is 6.67. The van der Waals surface area contributed by atoms with E-state index in [1.165, 1.54) is 24.3 Å². The third-order valence-electron chi connectivity index (χ3n) is 4.35. The average molecular weight is 479 g/mol. The first-order chi connectivity index (χ1) is 15.9. The molecule has 0 atom stereocenters. The minimum Gasteiger partial charge on any atom is -0.322 e. The monoisotopic (exact) mass is 479 g/mol. The summed E-state index contributed by atoms with van der Waals surface area (Å²) < 4.78 is 76.1. The Kier molecular flexibility index (Phi) is 7.04. The Balaban J connectivity index is 1.64. The molecule has 3 rings (SSSR count). The zero-order chi connectivity index (χ0) is 24.9. The van der Waals surface area contributed by atoms with E-state index in [2.05, 4.69) is 15.6 Å². The molecule has 0 saturated carbocycles. The van der Waals surface area contributed by atoms with Gasteiger partial charge in [0.1, 0.15) is 5.69 Å². The first kappa shape index (κ1) is 24.5. The summed E-state index contributed by atoms with van der Waals surface area (Å²) in [4.78, 5) is 27.6. The number of carbonyl (C=O) groups excluding carboxylic acids is 2. The number of nitrogens with one attached hydrogen (secondary N) is 2. The van der Waals surface area contributed by atoms with Gasteiger partial charge in [-0.1, -0.05) is 18.2 Å². The van der Waals surface area contributed by atoms with Gasteiger partial charge in [-0.05, 0) is 54.1 Å². The summed E-state index contributed by atoms with van der Waals surface area (Å²) in [5.74, 6) is -1.39. The molecule has 0 aliphatic heterocycles. The molecule has 5 nitrogen and oxygen atoms in total. The van der Waals surface area contributed by atoms with E-state index in [0.717, 1.165) is 42.6 Å². The van der Waals surface area contributed by atoms with Crippen molar-refractivity contribution < 1.29 is 35.9 Å². The van der Waals surface area contributed by atoms with Crippen LogP contribution in [0.15, 0.2) is 72.9 Å². The van der Waals surface area contributed by atoms with Crippen LogP contribution in [0.1, 0.15) is 27.2 Å². The lowest BCUT2D eigenvalue weighted by Gasteiger charge is -2.09. The Bertz CT molecular complexity index is 1220. The lowest BCUT2D eigenvalue weighted by Crippen LogP contribution is -2.14. The van der Waals surface area contributed by atoms with Crippen molar-refractivity contribution in [3.05, 3.63) is 95.3 Å². The van der Waals surface area contributed by atoms with Gasteiger partial charge in [0.2, 0.25) is 5.91 Å². The van der Waals surface area contributed by atoms with Crippen molar-refractivity contribution >= 4 is 29.3 Å². The number of rotatable bonds is 5. The van der Waals surface area contributed by atoms with Crippen molar-refractivity contribution in [2.75, 3.05) is 10.6 Å². The van der Waals surface area contributed by atoms with E-state index >= 15 is 0 Å². The molecule has 0 aliphatic rings. The van der Waals surface area contributed by atoms with E-state index in [1.54, 1.807) is 12.1 Å². The maximum absolute atomic E-state index is 12.8. The van der Waals surface area contributed by atoms with Crippen molar-refractivity contribution in [3.8, 4) is 0 Å². The average Bonchev–Trinajstić information content (AvgIpc) is 2.77. The highest BCUT2D eigenvalue weighted by Crippen LogP contribution is 2.30. The Morgan fingerprint density at radius 3 is 2.18 bits per heavy atom. The van der Waals surface area contributed by atoms with E-state index < -0.39 is 35.4 Å². The van der Waals surface area contributed by atoms with Crippen molar-refractivity contribution in [1.82, 2.24) is 4.98 Å². The maximum atomic E-state index is 12.8. The lowest BCUT2D eigenvalue weighted by molar-refractivity contribution is -0.141. The van der Waals surface area contributed by atoms with E-state index in [9.17, 15) is 35.9 Å². The molecule has 11 heteroatoms. The molecule has 2 N–H and O–H groups in total. The normalized spacial score (nSPS) is 11.9. The van der Waals surface area contributed by atoms with Crippen molar-refractivity contribution in [1.29, 1.82) is 0 Å². The van der Waals surface area contributed by atoms with Crippen molar-refractivity contribution in [2.45, 2.75) is 12.4 Å². The number of carbonyl (C=O) groups is 2. The summed E-state index contributed by atoms with van der Waals surface area (Å²) >= 11 is 0. The fourth-order valence-corrected chi connectivity index (χ4v) is 2.75. The molecule has 0 aliphatic carbocycles. The lowest BCUT2D eigenvalue weighted by atomic mass is 10.1. The van der Waals surface area contributed by atoms with Gasteiger partial charge in [-0.15, -0.1) is 0 Å². The van der Waals surface area contributed by atoms with Crippen LogP contribution in [-0.4, -0.2) is 16.8 Å². The molecule has 0 radical (unpaired) electrons. The first-order valence-electron chi connectivity index (χ1n) is 9.53. The molecular formula is C23H15F6N3O2. The summed E-state index contributed by atoms with van der Waals surface area (Å²) in [5, 5.41) is 4.84. The Morgan fingerprint density at radius 2 is 1.53 bits per heavy atom. The van der Waals surface area contributed by atoms with Gasteiger partial charge >= 0.3 is 12.4 Å². The molecule has 0 unspecified atom stereocenters. The minimum absolute atomic E-state index is 0.0600. The Morgan fingerprint density at radius 1 is 0.794 bits per heavy atom. The van der Waals surface area contributed by atoms with Crippen LogP contribution < -0.4 is 10.6 Å². The molecule has 0 spiro atoms. The maximum Gasteiger partial charge on any atom is 0.433 e. The zero-order valence-corrected chi connectivity index (χ0v) is 17.0. The summed E-state index contributed by atoms with van der Waals surface area (Å²) in [6, 6.07) is 11.9. The van der Waals surface area contributed by atoms with Gasteiger partial charge in [-0.2, -0.15) is 26.3 Å². The predicted molar refractivity (Wildman–Crippen MR) is 113 cm³/mol. The second-order valence-corrected chi connectivity index (χ2v) is 6.91. The summed E-state index contributed by atoms with van der Waals surface area (Å²) in [7, 11) is 0. The number of amides is 2. The van der Waals surface area contributed by atoms with Crippen molar-refractivity contribution in [3.63, 3.8) is 0 Å². The predicted octanol–water partition coefficient (Wildman–Crippen LogP) is 6.02. The SMILES string of the molecule is O=C(/C=C/c1cccc(NC(=O)c2cccc(C(F)(F)F)c2)c1)Nc1ccc(C(F)(F)F)nc1. The van der Waals surface area contributed by atoms with Crippen LogP contribution in [0.2, 0.25) is 0 Å². The van der Waals surface area contributed by atoms with Crippen LogP contribution in [0.4, 0.5) is 37.7 Å². The molecule has 0 fully saturated rings. The highest BCUT2D eigenvalue weighted by Gasteiger charge is 2.32. The van der Waals surface area contributed by atoms with Gasteiger partial charge in [0.05, 0.1) is 17.4 Å². The van der Waals surface area contributed by atoms with Gasteiger partial charge in [0.25, 0.3) is 5.91 Å². The molecule has 176 valence electrons. The molecule has 34 heavy (non-hydrogen) atoms. The van der Waals surface area contributed by atoms with E-state index in [0.29, 0.717) is 5.56 Å². The van der Waals surface area contributed by atoms with E-state index in [1.807, 2.05) is 0 Å². The van der Waals surface area contributed by atoms with Gasteiger partial charge < -0.3 is 10.6 Å². The fourth-order valence-electron chi connectivity index (χ4n) is 2.75. The van der Waals surface area contributed by atoms with Crippen LogP contribution in [0.25, 0.3) is 6.08 Å². The van der Waals surface area contributed by atoms with Crippen LogP contribution in [0.3, 0.4) is 0 Å². The Labute approximate surface area is 189 Å². The number of benzene rings is 2. The van der Waals surface area contributed by atoms with Gasteiger partial charge in [-0.25, -0.2) is 4.98 Å². The molecule has 3 aromatic rings. The number of anilines is 2. The molecule has 2 aromatic carbocycles. The van der Waals surface area contributed by atoms with Crippen LogP contribution in [-0.2, 0) is 17.1 Å². The number of pyridine rings is 1. The number of hydrogen-bond acceptors (Lipinski definition) is 3. The summed E-state index contributed by atoms with van der Waals surface area (Å²) in [6.07, 6.45) is -5.81. The molecule has 1 aromatic heterocycles. The number of hydrogen-bond donors (Lipinski definition) is 2. The molecule has 0 bridgehead atoms. The largest absolute Gasteiger partial charge is 0.433 e. The first-order valence-corrected chi connectivity index (χ1v) is 9.53. The summed E-state index contributed by atoms with van der Waals surface area (Å²) in [6.45, 7) is 0. The second-order valence-electron chi connectivity index (χ2n) is 6.91. The van der Waals surface area contributed by atoms with Gasteiger partial charge in [-0.3, -0.25) is 9.59 Å². The van der Waals surface area contributed by atoms with E-state index in [-0.39, 0.29) is 16.9 Å². The highest BCUT2D eigenvalue weighted by molar-refractivity contribution is 6.05. The van der Waals surface area contributed by atoms with Gasteiger partial charge in [0.15, 0.2) is 0 Å². The Hall–Kier alpha value is -4.15. The van der Waals surface area contributed by atoms with Crippen molar-refractivity contribution in [2.24, 2.45) is 0 Å². The molecule has 1 heterocycles. The van der Waals surface area contributed by atoms with Crippen LogP contribution in [0.5, 0.6) is 0 Å². The fraction of sp³-hybridized carbons (Fsp3) is 0.0870. The second kappa shape index (κ2) is 9.77. The number of alkyl halides is 6. The quantitative estimate of drug-likeness (QED) is 0.347. The number of aromatic nitrogens is 1. The molecule has 0 saturated heterocycles. The standard InChI is InChI=1S/C23H15F6N3O2/c24-22(25,26)16-5-2-4-15(12-16)21(34)32-17-6-1-3-14(11-17)7-10-20(33)31-18-8-9-19(30-13-18)23(27,28)29/h1-13H,(H,31,33)(H,32,34)/b10-7+. The highest BCUT2D eigenvalue weighted by atomic mass is 19.4. The topological polar surface area (TPSA) is 71.1 Å². The zero-order valence-electron chi connectivity index (χ0n) is 17.0. The van der Waals surface area contributed by atoms with Crippen LogP contribution >= 0.6 is 0 Å². The smallest absolute Gasteiger partial charge is 0.322 e. The van der Waals surface area contributed by atoms with E-state index in [4.69, 9.17) is 0 Å². The van der Waals surface area contributed by atoms with Gasteiger partial charge in [0, 0.05) is 17.3 Å². The number of halogens is 6. The molecule has 2 amide bonds. The van der Waals surface area contributed by atoms with Crippen LogP contribution in [0, 0.1) is 0 Å². The summed E-state index contributed by atoms with van der Waals surface area (Å²) in [5.41, 5.74) is -1.42. The third-order valence-corrected chi connectivity index (χ3v) is 4.35.